The number of unbranched alkanes of at least 4 members (excludes halogenated alkanes) is 2. The molecule has 1 amide bonds. The quantitative estimate of drug-likeness (QED) is 0.582. The molecule has 1 aromatic rings. The highest BCUT2D eigenvalue weighted by Crippen LogP contribution is 2.28. The first-order valence-corrected chi connectivity index (χ1v) is 12.3. The Hall–Kier alpha value is -1.67. The zero-order valence-corrected chi connectivity index (χ0v) is 18.6. The van der Waals surface area contributed by atoms with E-state index in [1.54, 1.807) is 13.0 Å². The molecule has 1 atom stereocenters. The summed E-state index contributed by atoms with van der Waals surface area (Å²) in [6, 6.07) is 4.12. The highest BCUT2D eigenvalue weighted by molar-refractivity contribution is 7.92. The van der Waals surface area contributed by atoms with Crippen molar-refractivity contribution in [3.05, 3.63) is 29.6 Å². The normalized spacial score (nSPS) is 16.6. The molecule has 164 valence electrons. The van der Waals surface area contributed by atoms with E-state index in [0.29, 0.717) is 12.0 Å². The second-order valence-corrected chi connectivity index (χ2v) is 9.90. The van der Waals surface area contributed by atoms with Gasteiger partial charge in [-0.15, -0.1) is 0 Å². The fraction of sp³-hybridized carbons (Fsp3) is 0.667. The van der Waals surface area contributed by atoms with E-state index in [9.17, 15) is 17.6 Å². The third kappa shape index (κ3) is 7.26. The molecule has 0 aliphatic carbocycles. The maximum absolute atomic E-state index is 13.9. The lowest BCUT2D eigenvalue weighted by molar-refractivity contribution is -0.119. The van der Waals surface area contributed by atoms with Crippen molar-refractivity contribution in [2.45, 2.75) is 46.1 Å². The lowest BCUT2D eigenvalue weighted by Crippen LogP contribution is -2.46. The number of nitrogens with zero attached hydrogens (tertiary/aromatic N) is 2. The van der Waals surface area contributed by atoms with Gasteiger partial charge in [0, 0.05) is 37.4 Å². The zero-order valence-electron chi connectivity index (χ0n) is 17.8. The van der Waals surface area contributed by atoms with Gasteiger partial charge >= 0.3 is 0 Å². The van der Waals surface area contributed by atoms with E-state index in [4.69, 9.17) is 0 Å². The van der Waals surface area contributed by atoms with Crippen LogP contribution in [0.2, 0.25) is 0 Å². The molecule has 1 aromatic carbocycles. The Labute approximate surface area is 174 Å². The molecule has 1 fully saturated rings. The van der Waals surface area contributed by atoms with Crippen LogP contribution in [0.1, 0.15) is 51.6 Å². The molecule has 1 saturated heterocycles. The SMILES string of the molecule is CCCCCS(=O)(=O)CC(=O)NC(C)c1cc(F)ccc1N1CCN(CC)CC1. The third-order valence-corrected chi connectivity index (χ3v) is 7.02. The smallest absolute Gasteiger partial charge is 0.235 e. The molecule has 1 aliphatic heterocycles. The van der Waals surface area contributed by atoms with Gasteiger partial charge in [-0.1, -0.05) is 26.7 Å². The number of hydrogen-bond acceptors (Lipinski definition) is 5. The van der Waals surface area contributed by atoms with Crippen molar-refractivity contribution in [2.24, 2.45) is 0 Å². The summed E-state index contributed by atoms with van der Waals surface area (Å²) in [6.45, 7) is 10.4. The molecule has 1 heterocycles. The number of halogens is 1. The summed E-state index contributed by atoms with van der Waals surface area (Å²) in [5, 5.41) is 2.75. The van der Waals surface area contributed by atoms with Crippen molar-refractivity contribution >= 4 is 21.4 Å². The zero-order chi connectivity index (χ0) is 21.4. The molecule has 0 bridgehead atoms. The number of amides is 1. The molecule has 0 saturated carbocycles. The lowest BCUT2D eigenvalue weighted by Gasteiger charge is -2.37. The Balaban J connectivity index is 2.05. The van der Waals surface area contributed by atoms with Crippen molar-refractivity contribution in [1.29, 1.82) is 0 Å². The summed E-state index contributed by atoms with van der Waals surface area (Å²) in [5.41, 5.74) is 1.56. The number of carbonyl (C=O) groups excluding carboxylic acids is 1. The van der Waals surface area contributed by atoms with E-state index in [1.807, 2.05) is 6.92 Å². The highest BCUT2D eigenvalue weighted by atomic mass is 32.2. The van der Waals surface area contributed by atoms with Gasteiger partial charge in [0.15, 0.2) is 9.84 Å². The standard InChI is InChI=1S/C21H34FN3O3S/c1-4-6-7-14-29(27,28)16-21(26)23-17(3)19-15-18(22)8-9-20(19)25-12-10-24(5-2)11-13-25/h8-9,15,17H,4-7,10-14,16H2,1-3H3,(H,23,26). The fourth-order valence-corrected chi connectivity index (χ4v) is 4.94. The highest BCUT2D eigenvalue weighted by Gasteiger charge is 2.23. The molecule has 2 rings (SSSR count). The first-order chi connectivity index (χ1) is 13.8. The van der Waals surface area contributed by atoms with Crippen LogP contribution in [0.3, 0.4) is 0 Å². The number of rotatable bonds is 10. The third-order valence-electron chi connectivity index (χ3n) is 5.40. The van der Waals surface area contributed by atoms with Crippen LogP contribution in [0.25, 0.3) is 0 Å². The maximum Gasteiger partial charge on any atom is 0.235 e. The number of sulfone groups is 1. The summed E-state index contributed by atoms with van der Waals surface area (Å²) in [4.78, 5) is 16.9. The summed E-state index contributed by atoms with van der Waals surface area (Å²) < 4.78 is 38.2. The maximum atomic E-state index is 13.9. The average molecular weight is 428 g/mol. The van der Waals surface area contributed by atoms with Crippen LogP contribution in [-0.2, 0) is 14.6 Å². The number of likely N-dealkylation sites (N-methyl/N-ethyl adjacent to an activating group) is 1. The van der Waals surface area contributed by atoms with Crippen LogP contribution in [0, 0.1) is 5.82 Å². The van der Waals surface area contributed by atoms with Gasteiger partial charge in [-0.05, 0) is 38.1 Å². The lowest BCUT2D eigenvalue weighted by atomic mass is 10.0. The Bertz CT molecular complexity index is 777. The van der Waals surface area contributed by atoms with E-state index in [2.05, 4.69) is 22.0 Å². The summed E-state index contributed by atoms with van der Waals surface area (Å²) >= 11 is 0. The van der Waals surface area contributed by atoms with E-state index in [-0.39, 0.29) is 11.6 Å². The summed E-state index contributed by atoms with van der Waals surface area (Å²) in [7, 11) is -3.43. The average Bonchev–Trinajstić information content (AvgIpc) is 2.67. The van der Waals surface area contributed by atoms with Gasteiger partial charge in [-0.25, -0.2) is 12.8 Å². The number of hydrogen-bond donors (Lipinski definition) is 1. The van der Waals surface area contributed by atoms with E-state index in [1.165, 1.54) is 12.1 Å². The van der Waals surface area contributed by atoms with Crippen molar-refractivity contribution in [2.75, 3.05) is 49.1 Å². The summed E-state index contributed by atoms with van der Waals surface area (Å²) in [5.74, 6) is -1.42. The van der Waals surface area contributed by atoms with Crippen LogP contribution in [0.15, 0.2) is 18.2 Å². The second kappa shape index (κ2) is 10.9. The summed E-state index contributed by atoms with van der Waals surface area (Å²) in [6.07, 6.45) is 2.32. The molecule has 1 N–H and O–H groups in total. The molecule has 6 nitrogen and oxygen atoms in total. The van der Waals surface area contributed by atoms with Crippen LogP contribution in [0.5, 0.6) is 0 Å². The van der Waals surface area contributed by atoms with Crippen LogP contribution in [0.4, 0.5) is 10.1 Å². The van der Waals surface area contributed by atoms with Crippen LogP contribution in [-0.4, -0.2) is 63.5 Å². The number of carbonyl (C=O) groups is 1. The molecule has 1 unspecified atom stereocenters. The van der Waals surface area contributed by atoms with E-state index in [0.717, 1.165) is 51.3 Å². The van der Waals surface area contributed by atoms with Gasteiger partial charge in [-0.3, -0.25) is 4.79 Å². The number of nitrogens with one attached hydrogen (secondary N) is 1. The van der Waals surface area contributed by atoms with Crippen LogP contribution < -0.4 is 10.2 Å². The number of benzene rings is 1. The molecule has 1 aliphatic rings. The van der Waals surface area contributed by atoms with Crippen LogP contribution >= 0.6 is 0 Å². The topological polar surface area (TPSA) is 69.7 Å². The molecular weight excluding hydrogens is 393 g/mol. The monoisotopic (exact) mass is 427 g/mol. The van der Waals surface area contributed by atoms with Crippen molar-refractivity contribution in [3.8, 4) is 0 Å². The predicted octanol–water partition coefficient (Wildman–Crippen LogP) is 2.75. The Morgan fingerprint density at radius 2 is 1.86 bits per heavy atom. The van der Waals surface area contributed by atoms with E-state index < -0.39 is 27.5 Å². The Morgan fingerprint density at radius 3 is 2.48 bits per heavy atom. The fourth-order valence-electron chi connectivity index (χ4n) is 3.67. The first-order valence-electron chi connectivity index (χ1n) is 10.5. The van der Waals surface area contributed by atoms with Gasteiger partial charge in [0.05, 0.1) is 11.8 Å². The van der Waals surface area contributed by atoms with Crippen molar-refractivity contribution < 1.29 is 17.6 Å². The minimum Gasteiger partial charge on any atom is -0.369 e. The molecular formula is C21H34FN3O3S. The predicted molar refractivity (Wildman–Crippen MR) is 115 cm³/mol. The van der Waals surface area contributed by atoms with Gasteiger partial charge in [-0.2, -0.15) is 0 Å². The van der Waals surface area contributed by atoms with Gasteiger partial charge < -0.3 is 15.1 Å². The van der Waals surface area contributed by atoms with Gasteiger partial charge in [0.25, 0.3) is 0 Å². The Morgan fingerprint density at radius 1 is 1.17 bits per heavy atom. The van der Waals surface area contributed by atoms with E-state index >= 15 is 0 Å². The minimum atomic E-state index is -3.43. The molecule has 8 heteroatoms. The molecule has 29 heavy (non-hydrogen) atoms. The molecule has 0 spiro atoms. The minimum absolute atomic E-state index is 0.0234. The molecule has 0 radical (unpaired) electrons. The first kappa shape index (κ1) is 23.6. The van der Waals surface area contributed by atoms with Crippen molar-refractivity contribution in [1.82, 2.24) is 10.2 Å². The molecule has 0 aromatic heterocycles. The largest absolute Gasteiger partial charge is 0.369 e. The number of piperazine rings is 1. The van der Waals surface area contributed by atoms with Crippen molar-refractivity contribution in [3.63, 3.8) is 0 Å². The van der Waals surface area contributed by atoms with Gasteiger partial charge in [0.2, 0.25) is 5.91 Å². The Kier molecular flexibility index (Phi) is 8.89. The van der Waals surface area contributed by atoms with Gasteiger partial charge in [0.1, 0.15) is 11.6 Å². The number of anilines is 1. The second-order valence-electron chi connectivity index (χ2n) is 7.71.